The molecule has 9 heteroatoms. The molecule has 0 bridgehead atoms. The third-order valence-electron chi connectivity index (χ3n) is 3.36. The first-order valence-corrected chi connectivity index (χ1v) is 8.49. The van der Waals surface area contributed by atoms with Crippen molar-refractivity contribution in [2.24, 2.45) is 0 Å². The summed E-state index contributed by atoms with van der Waals surface area (Å²) in [5.74, 6) is 0.306. The van der Waals surface area contributed by atoms with Crippen molar-refractivity contribution in [2.75, 3.05) is 5.75 Å². The number of benzene rings is 2. The molecular formula is C17H13N3O5S. The zero-order valence-electron chi connectivity index (χ0n) is 13.6. The van der Waals surface area contributed by atoms with Gasteiger partial charge < -0.3 is 9.15 Å². The molecule has 0 radical (unpaired) electrons. The first-order valence-electron chi connectivity index (χ1n) is 7.50. The van der Waals surface area contributed by atoms with E-state index in [1.807, 2.05) is 19.1 Å². The van der Waals surface area contributed by atoms with Crippen molar-refractivity contribution in [3.8, 4) is 17.2 Å². The van der Waals surface area contributed by atoms with E-state index in [9.17, 15) is 14.9 Å². The summed E-state index contributed by atoms with van der Waals surface area (Å²) in [6.07, 6.45) is 0. The van der Waals surface area contributed by atoms with Gasteiger partial charge in [-0.3, -0.25) is 14.9 Å². The molecular weight excluding hydrogens is 358 g/mol. The molecule has 1 aromatic heterocycles. The predicted octanol–water partition coefficient (Wildman–Crippen LogP) is 3.65. The number of carbonyl (C=O) groups is 1. The van der Waals surface area contributed by atoms with Crippen molar-refractivity contribution in [3.05, 3.63) is 64.2 Å². The Balaban J connectivity index is 1.59. The van der Waals surface area contributed by atoms with Crippen molar-refractivity contribution in [1.82, 2.24) is 10.2 Å². The van der Waals surface area contributed by atoms with E-state index in [0.29, 0.717) is 11.3 Å². The summed E-state index contributed by atoms with van der Waals surface area (Å²) in [4.78, 5) is 22.1. The summed E-state index contributed by atoms with van der Waals surface area (Å²) in [6, 6.07) is 13.0. The standard InChI is InChI=1S/C17H13N3O5S/c1-11-4-2-3-5-14(11)24-15(21)10-26-17-19-18-16(25-17)12-6-8-13(9-7-12)20(22)23/h2-9H,10H2,1H3. The fraction of sp³-hybridized carbons (Fsp3) is 0.118. The first kappa shape index (κ1) is 17.6. The Kier molecular flexibility index (Phi) is 5.28. The lowest BCUT2D eigenvalue weighted by atomic mass is 10.2. The van der Waals surface area contributed by atoms with Crippen LogP contribution in [0.5, 0.6) is 5.75 Å². The molecule has 0 atom stereocenters. The van der Waals surface area contributed by atoms with Gasteiger partial charge in [0.1, 0.15) is 11.5 Å². The molecule has 3 rings (SSSR count). The van der Waals surface area contributed by atoms with Crippen LogP contribution in [0.3, 0.4) is 0 Å². The van der Waals surface area contributed by atoms with Gasteiger partial charge in [0.25, 0.3) is 10.9 Å². The van der Waals surface area contributed by atoms with Gasteiger partial charge in [0.2, 0.25) is 5.89 Å². The van der Waals surface area contributed by atoms with E-state index in [4.69, 9.17) is 9.15 Å². The summed E-state index contributed by atoms with van der Waals surface area (Å²) in [5, 5.41) is 18.6. The molecule has 8 nitrogen and oxygen atoms in total. The SMILES string of the molecule is Cc1ccccc1OC(=O)CSc1nnc(-c2ccc([N+](=O)[O-])cc2)o1. The first-order chi connectivity index (χ1) is 12.5. The number of ether oxygens (including phenoxy) is 1. The Morgan fingerprint density at radius 1 is 1.19 bits per heavy atom. The Bertz CT molecular complexity index is 940. The molecule has 0 saturated carbocycles. The second-order valence-electron chi connectivity index (χ2n) is 5.21. The van der Waals surface area contributed by atoms with Crippen LogP contribution in [0, 0.1) is 17.0 Å². The van der Waals surface area contributed by atoms with E-state index < -0.39 is 10.9 Å². The second-order valence-corrected chi connectivity index (χ2v) is 6.13. The summed E-state index contributed by atoms with van der Waals surface area (Å²) >= 11 is 1.05. The largest absolute Gasteiger partial charge is 0.426 e. The van der Waals surface area contributed by atoms with Gasteiger partial charge >= 0.3 is 5.97 Å². The number of nitro benzene ring substituents is 1. The van der Waals surface area contributed by atoms with Gasteiger partial charge in [-0.15, -0.1) is 10.2 Å². The van der Waals surface area contributed by atoms with E-state index in [-0.39, 0.29) is 22.6 Å². The summed E-state index contributed by atoms with van der Waals surface area (Å²) < 4.78 is 10.7. The monoisotopic (exact) mass is 371 g/mol. The Labute approximate surface area is 152 Å². The van der Waals surface area contributed by atoms with E-state index in [2.05, 4.69) is 10.2 Å². The van der Waals surface area contributed by atoms with Crippen molar-refractivity contribution in [1.29, 1.82) is 0 Å². The zero-order chi connectivity index (χ0) is 18.5. The van der Waals surface area contributed by atoms with Crippen LogP contribution in [0.15, 0.2) is 58.2 Å². The average molecular weight is 371 g/mol. The number of hydrogen-bond donors (Lipinski definition) is 0. The number of rotatable bonds is 6. The van der Waals surface area contributed by atoms with Gasteiger partial charge in [-0.1, -0.05) is 30.0 Å². The number of aryl methyl sites for hydroxylation is 1. The highest BCUT2D eigenvalue weighted by molar-refractivity contribution is 7.99. The van der Waals surface area contributed by atoms with Gasteiger partial charge in [-0.2, -0.15) is 0 Å². The summed E-state index contributed by atoms with van der Waals surface area (Å²) in [6.45, 7) is 1.85. The number of esters is 1. The molecule has 0 N–H and O–H groups in total. The van der Waals surface area contributed by atoms with Crippen LogP contribution in [0.2, 0.25) is 0 Å². The quantitative estimate of drug-likeness (QED) is 0.212. The number of para-hydroxylation sites is 1. The van der Waals surface area contributed by atoms with Crippen LogP contribution in [0.25, 0.3) is 11.5 Å². The number of nitro groups is 1. The molecule has 0 aliphatic rings. The minimum atomic E-state index is -0.487. The third-order valence-corrected chi connectivity index (χ3v) is 4.15. The molecule has 0 spiro atoms. The molecule has 3 aromatic rings. The average Bonchev–Trinajstić information content (AvgIpc) is 3.11. The highest BCUT2D eigenvalue weighted by Crippen LogP contribution is 2.25. The Morgan fingerprint density at radius 2 is 1.92 bits per heavy atom. The zero-order valence-corrected chi connectivity index (χ0v) is 14.4. The fourth-order valence-electron chi connectivity index (χ4n) is 2.05. The van der Waals surface area contributed by atoms with E-state index in [0.717, 1.165) is 17.3 Å². The molecule has 0 saturated heterocycles. The number of aromatic nitrogens is 2. The number of non-ortho nitro benzene ring substituents is 1. The minimum absolute atomic E-state index is 0.0101. The molecule has 0 aliphatic heterocycles. The highest BCUT2D eigenvalue weighted by atomic mass is 32.2. The smallest absolute Gasteiger partial charge is 0.321 e. The topological polar surface area (TPSA) is 108 Å². The van der Waals surface area contributed by atoms with Crippen molar-refractivity contribution < 1.29 is 18.9 Å². The van der Waals surface area contributed by atoms with Crippen LogP contribution in [0.4, 0.5) is 5.69 Å². The van der Waals surface area contributed by atoms with Crippen LogP contribution >= 0.6 is 11.8 Å². The molecule has 0 fully saturated rings. The summed E-state index contributed by atoms with van der Waals surface area (Å²) in [5.41, 5.74) is 1.39. The maximum atomic E-state index is 11.9. The van der Waals surface area contributed by atoms with E-state index in [1.165, 1.54) is 24.3 Å². The molecule has 0 amide bonds. The Morgan fingerprint density at radius 3 is 2.62 bits per heavy atom. The number of nitrogens with zero attached hydrogens (tertiary/aromatic N) is 3. The fourth-order valence-corrected chi connectivity index (χ4v) is 2.59. The van der Waals surface area contributed by atoms with Gasteiger partial charge in [-0.05, 0) is 30.7 Å². The lowest BCUT2D eigenvalue weighted by Gasteiger charge is -2.05. The Hall–Kier alpha value is -3.20. The molecule has 132 valence electrons. The second kappa shape index (κ2) is 7.79. The normalized spacial score (nSPS) is 10.5. The van der Waals surface area contributed by atoms with Crippen LogP contribution in [-0.2, 0) is 4.79 Å². The lowest BCUT2D eigenvalue weighted by molar-refractivity contribution is -0.384. The van der Waals surface area contributed by atoms with Gasteiger partial charge in [0.05, 0.1) is 4.92 Å². The van der Waals surface area contributed by atoms with Crippen molar-refractivity contribution >= 4 is 23.4 Å². The highest BCUT2D eigenvalue weighted by Gasteiger charge is 2.14. The number of carbonyl (C=O) groups excluding carboxylic acids is 1. The minimum Gasteiger partial charge on any atom is -0.426 e. The number of hydrogen-bond acceptors (Lipinski definition) is 8. The van der Waals surface area contributed by atoms with Crippen molar-refractivity contribution in [2.45, 2.75) is 12.1 Å². The van der Waals surface area contributed by atoms with Crippen LogP contribution in [-0.4, -0.2) is 26.8 Å². The van der Waals surface area contributed by atoms with Crippen LogP contribution < -0.4 is 4.74 Å². The van der Waals surface area contributed by atoms with Crippen LogP contribution in [0.1, 0.15) is 5.56 Å². The van der Waals surface area contributed by atoms with Gasteiger partial charge in [-0.25, -0.2) is 0 Å². The molecule has 0 aliphatic carbocycles. The molecule has 1 heterocycles. The third kappa shape index (κ3) is 4.25. The van der Waals surface area contributed by atoms with Crippen molar-refractivity contribution in [3.63, 3.8) is 0 Å². The summed E-state index contributed by atoms with van der Waals surface area (Å²) in [7, 11) is 0. The molecule has 0 unspecified atom stereocenters. The maximum Gasteiger partial charge on any atom is 0.321 e. The lowest BCUT2D eigenvalue weighted by Crippen LogP contribution is -2.11. The number of thioether (sulfide) groups is 1. The molecule has 26 heavy (non-hydrogen) atoms. The van der Waals surface area contributed by atoms with E-state index in [1.54, 1.807) is 12.1 Å². The van der Waals surface area contributed by atoms with E-state index >= 15 is 0 Å². The van der Waals surface area contributed by atoms with Gasteiger partial charge in [0.15, 0.2) is 0 Å². The molecule has 2 aromatic carbocycles. The predicted molar refractivity (Wildman–Crippen MR) is 93.9 cm³/mol. The van der Waals surface area contributed by atoms with Gasteiger partial charge in [0, 0.05) is 17.7 Å². The maximum absolute atomic E-state index is 11.9.